The van der Waals surface area contributed by atoms with Gasteiger partial charge in [0.2, 0.25) is 0 Å². The Hall–Kier alpha value is -1.02. The molecular formula is C17H28O2. The van der Waals surface area contributed by atoms with Crippen molar-refractivity contribution in [2.45, 2.75) is 52.6 Å². The molecule has 2 atom stereocenters. The Morgan fingerprint density at radius 1 is 1.16 bits per heavy atom. The Balaban J connectivity index is 2.35. The standard InChI is InChI=1S/C17H28O2/c1-4-6-7-10-14-18-15-13-17(3)12-9-8-11-16(17)19-5-2/h8-9,11-13,15-16H,4-7,10,14H2,1-3H3. The summed E-state index contributed by atoms with van der Waals surface area (Å²) >= 11 is 0. The van der Waals surface area contributed by atoms with Crippen molar-refractivity contribution in [1.82, 2.24) is 0 Å². The monoisotopic (exact) mass is 264 g/mol. The molecule has 108 valence electrons. The van der Waals surface area contributed by atoms with Gasteiger partial charge in [0.1, 0.15) is 0 Å². The predicted molar refractivity (Wildman–Crippen MR) is 81.0 cm³/mol. The van der Waals surface area contributed by atoms with Gasteiger partial charge in [-0.25, -0.2) is 0 Å². The molecule has 0 aromatic rings. The molecular weight excluding hydrogens is 236 g/mol. The zero-order valence-electron chi connectivity index (χ0n) is 12.6. The van der Waals surface area contributed by atoms with Gasteiger partial charge in [-0.05, 0) is 26.3 Å². The van der Waals surface area contributed by atoms with Crippen LogP contribution in [0.5, 0.6) is 0 Å². The minimum absolute atomic E-state index is 0.0995. The molecule has 19 heavy (non-hydrogen) atoms. The Labute approximate surface area is 118 Å². The van der Waals surface area contributed by atoms with E-state index in [2.05, 4.69) is 38.2 Å². The fourth-order valence-corrected chi connectivity index (χ4v) is 2.17. The Morgan fingerprint density at radius 2 is 2.00 bits per heavy atom. The number of rotatable bonds is 9. The fraction of sp³-hybridized carbons (Fsp3) is 0.647. The minimum Gasteiger partial charge on any atom is -0.501 e. The third kappa shape index (κ3) is 5.65. The van der Waals surface area contributed by atoms with Crippen LogP contribution >= 0.6 is 0 Å². The van der Waals surface area contributed by atoms with E-state index in [1.165, 1.54) is 19.3 Å². The van der Waals surface area contributed by atoms with E-state index in [0.717, 1.165) is 19.6 Å². The maximum absolute atomic E-state index is 5.76. The van der Waals surface area contributed by atoms with Gasteiger partial charge in [-0.3, -0.25) is 0 Å². The van der Waals surface area contributed by atoms with Crippen molar-refractivity contribution in [2.24, 2.45) is 5.41 Å². The molecule has 1 rings (SSSR count). The molecule has 0 aliphatic heterocycles. The lowest BCUT2D eigenvalue weighted by Crippen LogP contribution is -2.31. The summed E-state index contributed by atoms with van der Waals surface area (Å²) in [5.41, 5.74) is -0.103. The Morgan fingerprint density at radius 3 is 2.74 bits per heavy atom. The maximum atomic E-state index is 5.76. The first-order valence-corrected chi connectivity index (χ1v) is 7.50. The van der Waals surface area contributed by atoms with Crippen molar-refractivity contribution in [2.75, 3.05) is 13.2 Å². The second kappa shape index (κ2) is 8.98. The molecule has 2 unspecified atom stereocenters. The SMILES string of the molecule is CCCCCCOC=CC1(C)C=CC=CC1OCC. The molecule has 0 spiro atoms. The predicted octanol–water partition coefficient (Wildman–Crippen LogP) is 4.63. The molecule has 0 aromatic carbocycles. The van der Waals surface area contributed by atoms with Crippen LogP contribution in [-0.2, 0) is 9.47 Å². The zero-order valence-corrected chi connectivity index (χ0v) is 12.6. The first kappa shape index (κ1) is 16.0. The van der Waals surface area contributed by atoms with Crippen LogP contribution in [0.1, 0.15) is 46.5 Å². The molecule has 0 radical (unpaired) electrons. The Kier molecular flexibility index (Phi) is 7.57. The quantitative estimate of drug-likeness (QED) is 0.446. The van der Waals surface area contributed by atoms with Crippen LogP contribution in [0.4, 0.5) is 0 Å². The summed E-state index contributed by atoms with van der Waals surface area (Å²) in [4.78, 5) is 0. The number of allylic oxidation sites excluding steroid dienone is 2. The van der Waals surface area contributed by atoms with Crippen LogP contribution in [0, 0.1) is 5.41 Å². The van der Waals surface area contributed by atoms with Gasteiger partial charge in [0.15, 0.2) is 0 Å². The molecule has 0 saturated carbocycles. The average Bonchev–Trinajstić information content (AvgIpc) is 2.41. The summed E-state index contributed by atoms with van der Waals surface area (Å²) in [6, 6.07) is 0. The van der Waals surface area contributed by atoms with Gasteiger partial charge in [0.25, 0.3) is 0 Å². The molecule has 1 aliphatic carbocycles. The van der Waals surface area contributed by atoms with Gasteiger partial charge in [-0.2, -0.15) is 0 Å². The zero-order chi connectivity index (χ0) is 14.0. The van der Waals surface area contributed by atoms with Gasteiger partial charge in [0, 0.05) is 12.0 Å². The third-order valence-electron chi connectivity index (χ3n) is 3.45. The number of hydrogen-bond acceptors (Lipinski definition) is 2. The van der Waals surface area contributed by atoms with Crippen molar-refractivity contribution < 1.29 is 9.47 Å². The lowest BCUT2D eigenvalue weighted by molar-refractivity contribution is 0.0446. The summed E-state index contributed by atoms with van der Waals surface area (Å²) < 4.78 is 11.3. The van der Waals surface area contributed by atoms with E-state index in [4.69, 9.17) is 9.47 Å². The molecule has 0 fully saturated rings. The lowest BCUT2D eigenvalue weighted by atomic mass is 9.81. The minimum atomic E-state index is -0.103. The molecule has 1 aliphatic rings. The summed E-state index contributed by atoms with van der Waals surface area (Å²) in [5, 5.41) is 0. The third-order valence-corrected chi connectivity index (χ3v) is 3.45. The van der Waals surface area contributed by atoms with Crippen LogP contribution in [0.15, 0.2) is 36.6 Å². The number of ether oxygens (including phenoxy) is 2. The van der Waals surface area contributed by atoms with Crippen LogP contribution in [0.25, 0.3) is 0 Å². The van der Waals surface area contributed by atoms with Gasteiger partial charge in [-0.15, -0.1) is 0 Å². The molecule has 0 N–H and O–H groups in total. The van der Waals surface area contributed by atoms with Gasteiger partial charge >= 0.3 is 0 Å². The molecule has 0 bridgehead atoms. The van der Waals surface area contributed by atoms with Crippen LogP contribution in [0.3, 0.4) is 0 Å². The summed E-state index contributed by atoms with van der Waals surface area (Å²) in [5.74, 6) is 0. The van der Waals surface area contributed by atoms with E-state index in [0.29, 0.717) is 0 Å². The first-order chi connectivity index (χ1) is 9.23. The maximum Gasteiger partial charge on any atom is 0.0882 e. The fourth-order valence-electron chi connectivity index (χ4n) is 2.17. The van der Waals surface area contributed by atoms with Crippen molar-refractivity contribution in [3.63, 3.8) is 0 Å². The molecule has 0 heterocycles. The Bertz CT molecular complexity index is 317. The van der Waals surface area contributed by atoms with Crippen molar-refractivity contribution >= 4 is 0 Å². The van der Waals surface area contributed by atoms with Crippen molar-refractivity contribution in [1.29, 1.82) is 0 Å². The second-order valence-corrected chi connectivity index (χ2v) is 5.22. The van der Waals surface area contributed by atoms with Crippen LogP contribution in [-0.4, -0.2) is 19.3 Å². The first-order valence-electron chi connectivity index (χ1n) is 7.50. The van der Waals surface area contributed by atoms with E-state index in [1.807, 2.05) is 19.3 Å². The second-order valence-electron chi connectivity index (χ2n) is 5.22. The molecule has 0 aromatic heterocycles. The topological polar surface area (TPSA) is 18.5 Å². The van der Waals surface area contributed by atoms with E-state index in [1.54, 1.807) is 0 Å². The van der Waals surface area contributed by atoms with E-state index in [-0.39, 0.29) is 11.5 Å². The van der Waals surface area contributed by atoms with E-state index >= 15 is 0 Å². The highest BCUT2D eigenvalue weighted by Crippen LogP contribution is 2.31. The number of unbranched alkanes of at least 4 members (excludes halogenated alkanes) is 3. The van der Waals surface area contributed by atoms with Gasteiger partial charge < -0.3 is 9.47 Å². The van der Waals surface area contributed by atoms with Crippen LogP contribution in [0.2, 0.25) is 0 Å². The highest BCUT2D eigenvalue weighted by atomic mass is 16.5. The van der Waals surface area contributed by atoms with Crippen LogP contribution < -0.4 is 0 Å². The van der Waals surface area contributed by atoms with Crippen molar-refractivity contribution in [3.05, 3.63) is 36.6 Å². The largest absolute Gasteiger partial charge is 0.501 e. The van der Waals surface area contributed by atoms with E-state index < -0.39 is 0 Å². The molecule has 0 saturated heterocycles. The normalized spacial score (nSPS) is 26.2. The summed E-state index contributed by atoms with van der Waals surface area (Å²) in [6.45, 7) is 7.96. The number of hydrogen-bond donors (Lipinski definition) is 0. The lowest BCUT2D eigenvalue weighted by Gasteiger charge is -2.31. The summed E-state index contributed by atoms with van der Waals surface area (Å²) in [6.07, 6.45) is 17.4. The molecule has 0 amide bonds. The van der Waals surface area contributed by atoms with Crippen molar-refractivity contribution in [3.8, 4) is 0 Å². The van der Waals surface area contributed by atoms with E-state index in [9.17, 15) is 0 Å². The van der Waals surface area contributed by atoms with Gasteiger partial charge in [-0.1, -0.05) is 50.5 Å². The average molecular weight is 264 g/mol. The van der Waals surface area contributed by atoms with Gasteiger partial charge in [0.05, 0.1) is 19.0 Å². The highest BCUT2D eigenvalue weighted by Gasteiger charge is 2.29. The summed E-state index contributed by atoms with van der Waals surface area (Å²) in [7, 11) is 0. The molecule has 2 heteroatoms. The highest BCUT2D eigenvalue weighted by molar-refractivity contribution is 5.25. The smallest absolute Gasteiger partial charge is 0.0882 e. The molecule has 2 nitrogen and oxygen atoms in total.